The van der Waals surface area contributed by atoms with Crippen molar-refractivity contribution in [2.24, 2.45) is 10.8 Å². The zero-order chi connectivity index (χ0) is 13.9. The van der Waals surface area contributed by atoms with E-state index in [-0.39, 0.29) is 5.41 Å². The quantitative estimate of drug-likeness (QED) is 0.708. The van der Waals surface area contributed by atoms with Gasteiger partial charge in [-0.15, -0.1) is 0 Å². The molecular formula is C12H24N2O3. The number of aliphatic carboxylic acids is 1. The molecule has 0 aromatic rings. The molecule has 5 heteroatoms. The summed E-state index contributed by atoms with van der Waals surface area (Å²) >= 11 is 0. The summed E-state index contributed by atoms with van der Waals surface area (Å²) in [6.07, 6.45) is 0. The number of urea groups is 1. The highest BCUT2D eigenvalue weighted by molar-refractivity contribution is 5.83. The van der Waals surface area contributed by atoms with Crippen LogP contribution in [0.25, 0.3) is 0 Å². The zero-order valence-electron chi connectivity index (χ0n) is 11.5. The van der Waals surface area contributed by atoms with E-state index in [1.54, 1.807) is 20.8 Å². The monoisotopic (exact) mass is 244 g/mol. The Morgan fingerprint density at radius 3 is 1.88 bits per heavy atom. The van der Waals surface area contributed by atoms with Crippen LogP contribution in [-0.2, 0) is 4.79 Å². The SMILES string of the molecule is CC(C)(C)CNC(=O)NC(C(=O)O)C(C)(C)C. The van der Waals surface area contributed by atoms with Crippen LogP contribution in [-0.4, -0.2) is 29.7 Å². The van der Waals surface area contributed by atoms with Gasteiger partial charge < -0.3 is 15.7 Å². The van der Waals surface area contributed by atoms with Crippen LogP contribution in [0, 0.1) is 10.8 Å². The van der Waals surface area contributed by atoms with Crippen molar-refractivity contribution in [3.63, 3.8) is 0 Å². The third kappa shape index (κ3) is 6.81. The Kier molecular flexibility index (Phi) is 4.98. The van der Waals surface area contributed by atoms with Crippen LogP contribution in [0.3, 0.4) is 0 Å². The number of hydrogen-bond donors (Lipinski definition) is 3. The third-order valence-corrected chi connectivity index (χ3v) is 2.17. The molecule has 1 unspecified atom stereocenters. The molecule has 0 radical (unpaired) electrons. The second kappa shape index (κ2) is 5.38. The second-order valence-corrected chi connectivity index (χ2v) is 6.52. The summed E-state index contributed by atoms with van der Waals surface area (Å²) in [4.78, 5) is 22.6. The van der Waals surface area contributed by atoms with E-state index in [1.165, 1.54) is 0 Å². The van der Waals surface area contributed by atoms with Gasteiger partial charge in [0.25, 0.3) is 0 Å². The number of hydrogen-bond acceptors (Lipinski definition) is 2. The lowest BCUT2D eigenvalue weighted by Gasteiger charge is -2.28. The fraction of sp³-hybridized carbons (Fsp3) is 0.833. The molecule has 0 bridgehead atoms. The molecule has 0 rings (SSSR count). The van der Waals surface area contributed by atoms with Crippen LogP contribution >= 0.6 is 0 Å². The molecular weight excluding hydrogens is 220 g/mol. The van der Waals surface area contributed by atoms with Gasteiger partial charge in [-0.2, -0.15) is 0 Å². The average molecular weight is 244 g/mol. The molecule has 0 saturated carbocycles. The molecule has 0 aliphatic rings. The lowest BCUT2D eigenvalue weighted by Crippen LogP contribution is -2.53. The number of rotatable bonds is 3. The zero-order valence-corrected chi connectivity index (χ0v) is 11.5. The molecule has 2 amide bonds. The molecule has 0 aromatic heterocycles. The lowest BCUT2D eigenvalue weighted by atomic mass is 9.87. The Bertz CT molecular complexity index is 287. The van der Waals surface area contributed by atoms with E-state index in [9.17, 15) is 9.59 Å². The smallest absolute Gasteiger partial charge is 0.326 e. The van der Waals surface area contributed by atoms with Gasteiger partial charge in [-0.3, -0.25) is 0 Å². The second-order valence-electron chi connectivity index (χ2n) is 6.52. The largest absolute Gasteiger partial charge is 0.480 e. The summed E-state index contributed by atoms with van der Waals surface area (Å²) in [5, 5.41) is 14.2. The number of carbonyl (C=O) groups excluding carboxylic acids is 1. The summed E-state index contributed by atoms with van der Waals surface area (Å²) in [7, 11) is 0. The normalized spacial score (nSPS) is 14.0. The van der Waals surface area contributed by atoms with E-state index in [0.717, 1.165) is 0 Å². The standard InChI is InChI=1S/C12H24N2O3/c1-11(2,3)7-13-10(17)14-8(9(15)16)12(4,5)6/h8H,7H2,1-6H3,(H,15,16)(H2,13,14,17). The first-order valence-electron chi connectivity index (χ1n) is 5.70. The topological polar surface area (TPSA) is 78.4 Å². The molecule has 0 saturated heterocycles. The molecule has 0 fully saturated rings. The van der Waals surface area contributed by atoms with Crippen LogP contribution in [0.1, 0.15) is 41.5 Å². The maximum Gasteiger partial charge on any atom is 0.326 e. The molecule has 0 aromatic carbocycles. The van der Waals surface area contributed by atoms with E-state index in [0.29, 0.717) is 6.54 Å². The van der Waals surface area contributed by atoms with Gasteiger partial charge >= 0.3 is 12.0 Å². The molecule has 0 spiro atoms. The molecule has 0 aliphatic carbocycles. The van der Waals surface area contributed by atoms with Crippen LogP contribution < -0.4 is 10.6 Å². The highest BCUT2D eigenvalue weighted by Crippen LogP contribution is 2.19. The minimum Gasteiger partial charge on any atom is -0.480 e. The molecule has 3 N–H and O–H groups in total. The van der Waals surface area contributed by atoms with Crippen molar-refractivity contribution in [2.45, 2.75) is 47.6 Å². The lowest BCUT2D eigenvalue weighted by molar-refractivity contribution is -0.141. The van der Waals surface area contributed by atoms with Gasteiger partial charge in [-0.25, -0.2) is 9.59 Å². The first kappa shape index (κ1) is 15.7. The fourth-order valence-corrected chi connectivity index (χ4v) is 1.18. The van der Waals surface area contributed by atoms with Crippen LogP contribution in [0.5, 0.6) is 0 Å². The van der Waals surface area contributed by atoms with Gasteiger partial charge in [0.1, 0.15) is 6.04 Å². The summed E-state index contributed by atoms with van der Waals surface area (Å²) in [5.74, 6) is -1.02. The summed E-state index contributed by atoms with van der Waals surface area (Å²) in [5.41, 5.74) is -0.553. The van der Waals surface area contributed by atoms with E-state index in [2.05, 4.69) is 10.6 Å². The Labute approximate surface area is 103 Å². The Morgan fingerprint density at radius 2 is 1.59 bits per heavy atom. The van der Waals surface area contributed by atoms with Gasteiger partial charge in [0.05, 0.1) is 0 Å². The van der Waals surface area contributed by atoms with Gasteiger partial charge in [0.15, 0.2) is 0 Å². The van der Waals surface area contributed by atoms with E-state index in [1.807, 2.05) is 20.8 Å². The van der Waals surface area contributed by atoms with Gasteiger partial charge in [0, 0.05) is 6.54 Å². The highest BCUT2D eigenvalue weighted by Gasteiger charge is 2.32. The molecule has 5 nitrogen and oxygen atoms in total. The van der Waals surface area contributed by atoms with Crippen LogP contribution in [0.4, 0.5) is 4.79 Å². The van der Waals surface area contributed by atoms with Crippen molar-refractivity contribution in [2.75, 3.05) is 6.54 Å². The average Bonchev–Trinajstić information content (AvgIpc) is 2.07. The molecule has 0 heterocycles. The fourth-order valence-electron chi connectivity index (χ4n) is 1.18. The van der Waals surface area contributed by atoms with Gasteiger partial charge in [-0.05, 0) is 10.8 Å². The van der Waals surface area contributed by atoms with Crippen molar-refractivity contribution in [3.8, 4) is 0 Å². The summed E-state index contributed by atoms with van der Waals surface area (Å²) in [6.45, 7) is 11.8. The minimum absolute atomic E-state index is 0.0300. The highest BCUT2D eigenvalue weighted by atomic mass is 16.4. The number of carbonyl (C=O) groups is 2. The predicted octanol–water partition coefficient (Wildman–Crippen LogP) is 1.83. The van der Waals surface area contributed by atoms with Crippen molar-refractivity contribution in [1.29, 1.82) is 0 Å². The molecule has 0 aliphatic heterocycles. The van der Waals surface area contributed by atoms with Gasteiger partial charge in [-0.1, -0.05) is 41.5 Å². The van der Waals surface area contributed by atoms with E-state index >= 15 is 0 Å². The Hall–Kier alpha value is -1.26. The first-order chi connectivity index (χ1) is 7.43. The summed E-state index contributed by atoms with van der Waals surface area (Å²) < 4.78 is 0. The Morgan fingerprint density at radius 1 is 1.12 bits per heavy atom. The number of carboxylic acid groups (broad SMARTS) is 1. The molecule has 100 valence electrons. The number of carboxylic acids is 1. The minimum atomic E-state index is -1.02. The number of amides is 2. The molecule has 17 heavy (non-hydrogen) atoms. The van der Waals surface area contributed by atoms with Crippen molar-refractivity contribution >= 4 is 12.0 Å². The number of nitrogens with one attached hydrogen (secondary N) is 2. The molecule has 1 atom stereocenters. The van der Waals surface area contributed by atoms with Gasteiger partial charge in [0.2, 0.25) is 0 Å². The van der Waals surface area contributed by atoms with Crippen molar-refractivity contribution in [3.05, 3.63) is 0 Å². The van der Waals surface area contributed by atoms with Crippen LogP contribution in [0.2, 0.25) is 0 Å². The summed E-state index contributed by atoms with van der Waals surface area (Å²) in [6, 6.07) is -1.34. The van der Waals surface area contributed by atoms with Crippen molar-refractivity contribution in [1.82, 2.24) is 10.6 Å². The van der Waals surface area contributed by atoms with Crippen LogP contribution in [0.15, 0.2) is 0 Å². The van der Waals surface area contributed by atoms with Crippen molar-refractivity contribution < 1.29 is 14.7 Å². The Balaban J connectivity index is 4.39. The first-order valence-corrected chi connectivity index (χ1v) is 5.70. The maximum absolute atomic E-state index is 11.6. The predicted molar refractivity (Wildman–Crippen MR) is 66.9 cm³/mol. The third-order valence-electron chi connectivity index (χ3n) is 2.17. The maximum atomic E-state index is 11.6. The van der Waals surface area contributed by atoms with E-state index < -0.39 is 23.5 Å². The van der Waals surface area contributed by atoms with E-state index in [4.69, 9.17) is 5.11 Å².